The standard InChI is InChI=1S/C7H15NO3S/c1-12(9,10)11-6-7-3-2-4-8-5-7/h7-8H,2-6H2,1H3/t7-/m1/s1. The second kappa shape index (κ2) is 4.20. The lowest BCUT2D eigenvalue weighted by atomic mass is 10.0. The molecule has 1 aliphatic heterocycles. The summed E-state index contributed by atoms with van der Waals surface area (Å²) in [6, 6.07) is 0. The Kier molecular flexibility index (Phi) is 3.49. The van der Waals surface area contributed by atoms with Crippen molar-refractivity contribution in [2.45, 2.75) is 12.8 Å². The average Bonchev–Trinajstić information content (AvgIpc) is 2.02. The summed E-state index contributed by atoms with van der Waals surface area (Å²) in [6.45, 7) is 2.23. The van der Waals surface area contributed by atoms with Gasteiger partial charge >= 0.3 is 0 Å². The van der Waals surface area contributed by atoms with Crippen LogP contribution in [-0.2, 0) is 14.3 Å². The fraction of sp³-hybridized carbons (Fsp3) is 1.00. The lowest BCUT2D eigenvalue weighted by molar-refractivity contribution is 0.225. The van der Waals surface area contributed by atoms with Crippen LogP contribution in [0, 0.1) is 5.92 Å². The Morgan fingerprint density at radius 1 is 1.58 bits per heavy atom. The van der Waals surface area contributed by atoms with E-state index < -0.39 is 10.1 Å². The zero-order chi connectivity index (χ0) is 9.03. The van der Waals surface area contributed by atoms with Crippen LogP contribution >= 0.6 is 0 Å². The van der Waals surface area contributed by atoms with Crippen LogP contribution in [0.5, 0.6) is 0 Å². The van der Waals surface area contributed by atoms with E-state index in [-0.39, 0.29) is 0 Å². The maximum Gasteiger partial charge on any atom is 0.264 e. The first-order valence-electron chi connectivity index (χ1n) is 4.13. The van der Waals surface area contributed by atoms with Gasteiger partial charge in [0.1, 0.15) is 0 Å². The van der Waals surface area contributed by atoms with E-state index in [1.54, 1.807) is 0 Å². The Hall–Kier alpha value is -0.130. The van der Waals surface area contributed by atoms with Crippen molar-refractivity contribution in [2.75, 3.05) is 26.0 Å². The molecule has 1 saturated heterocycles. The van der Waals surface area contributed by atoms with E-state index >= 15 is 0 Å². The SMILES string of the molecule is CS(=O)(=O)OC[C@@H]1CCCNC1. The third kappa shape index (κ3) is 4.04. The predicted octanol–water partition coefficient (Wildman–Crippen LogP) is -0.0378. The fourth-order valence-corrected chi connectivity index (χ4v) is 1.73. The molecule has 0 amide bonds. The van der Waals surface area contributed by atoms with Gasteiger partial charge in [0.2, 0.25) is 0 Å². The third-order valence-electron chi connectivity index (χ3n) is 1.92. The molecule has 1 fully saturated rings. The first-order chi connectivity index (χ1) is 5.58. The molecule has 1 N–H and O–H groups in total. The molecule has 1 rings (SSSR count). The highest BCUT2D eigenvalue weighted by Crippen LogP contribution is 2.10. The monoisotopic (exact) mass is 193 g/mol. The van der Waals surface area contributed by atoms with E-state index in [1.165, 1.54) is 0 Å². The van der Waals surface area contributed by atoms with Crippen LogP contribution in [0.25, 0.3) is 0 Å². The van der Waals surface area contributed by atoms with E-state index in [4.69, 9.17) is 4.18 Å². The molecule has 5 heteroatoms. The number of hydrogen-bond acceptors (Lipinski definition) is 4. The highest BCUT2D eigenvalue weighted by atomic mass is 32.2. The van der Waals surface area contributed by atoms with Crippen molar-refractivity contribution < 1.29 is 12.6 Å². The fourth-order valence-electron chi connectivity index (χ4n) is 1.29. The van der Waals surface area contributed by atoms with Gasteiger partial charge in [0.05, 0.1) is 12.9 Å². The molecular formula is C7H15NO3S. The van der Waals surface area contributed by atoms with E-state index in [0.29, 0.717) is 12.5 Å². The minimum absolute atomic E-state index is 0.325. The molecule has 0 aliphatic carbocycles. The number of hydrogen-bond donors (Lipinski definition) is 1. The second-order valence-corrected chi connectivity index (χ2v) is 4.84. The zero-order valence-electron chi connectivity index (χ0n) is 7.25. The van der Waals surface area contributed by atoms with Gasteiger partial charge < -0.3 is 5.32 Å². The van der Waals surface area contributed by atoms with Gasteiger partial charge in [-0.25, -0.2) is 0 Å². The lowest BCUT2D eigenvalue weighted by Gasteiger charge is -2.21. The number of rotatable bonds is 3. The molecule has 1 atom stereocenters. The minimum Gasteiger partial charge on any atom is -0.316 e. The normalized spacial score (nSPS) is 25.6. The molecule has 0 unspecified atom stereocenters. The summed E-state index contributed by atoms with van der Waals surface area (Å²) in [7, 11) is -3.25. The number of piperidine rings is 1. The molecule has 0 radical (unpaired) electrons. The summed E-state index contributed by atoms with van der Waals surface area (Å²) in [6.07, 6.45) is 3.25. The van der Waals surface area contributed by atoms with Gasteiger partial charge in [0.25, 0.3) is 10.1 Å². The molecule has 4 nitrogen and oxygen atoms in total. The van der Waals surface area contributed by atoms with Crippen molar-refractivity contribution in [3.05, 3.63) is 0 Å². The molecule has 0 spiro atoms. The van der Waals surface area contributed by atoms with Crippen molar-refractivity contribution >= 4 is 10.1 Å². The van der Waals surface area contributed by atoms with E-state index in [1.807, 2.05) is 0 Å². The Morgan fingerprint density at radius 2 is 2.33 bits per heavy atom. The van der Waals surface area contributed by atoms with Crippen molar-refractivity contribution in [3.8, 4) is 0 Å². The first-order valence-corrected chi connectivity index (χ1v) is 5.95. The Balaban J connectivity index is 2.22. The molecule has 1 aliphatic rings. The summed E-state index contributed by atoms with van der Waals surface area (Å²) in [5.41, 5.74) is 0. The lowest BCUT2D eigenvalue weighted by Crippen LogP contribution is -2.32. The molecule has 12 heavy (non-hydrogen) atoms. The summed E-state index contributed by atoms with van der Waals surface area (Å²) in [4.78, 5) is 0. The summed E-state index contributed by atoms with van der Waals surface area (Å²) < 4.78 is 26.0. The Bertz CT molecular complexity index is 219. The molecule has 0 aromatic rings. The molecule has 1 heterocycles. The largest absolute Gasteiger partial charge is 0.316 e. The van der Waals surface area contributed by atoms with Crippen molar-refractivity contribution in [2.24, 2.45) is 5.92 Å². The van der Waals surface area contributed by atoms with Crippen LogP contribution in [0.1, 0.15) is 12.8 Å². The van der Waals surface area contributed by atoms with E-state index in [0.717, 1.165) is 32.2 Å². The molecule has 72 valence electrons. The minimum atomic E-state index is -3.25. The highest BCUT2D eigenvalue weighted by molar-refractivity contribution is 7.85. The van der Waals surface area contributed by atoms with Crippen LogP contribution in [0.15, 0.2) is 0 Å². The third-order valence-corrected chi connectivity index (χ3v) is 2.48. The van der Waals surface area contributed by atoms with Gasteiger partial charge in [0.15, 0.2) is 0 Å². The number of nitrogens with one attached hydrogen (secondary N) is 1. The average molecular weight is 193 g/mol. The topological polar surface area (TPSA) is 55.4 Å². The van der Waals surface area contributed by atoms with Crippen molar-refractivity contribution in [1.29, 1.82) is 0 Å². The maximum atomic E-state index is 10.6. The summed E-state index contributed by atoms with van der Waals surface area (Å²) >= 11 is 0. The molecular weight excluding hydrogens is 178 g/mol. The van der Waals surface area contributed by atoms with E-state index in [9.17, 15) is 8.42 Å². The van der Waals surface area contributed by atoms with Gasteiger partial charge in [-0.15, -0.1) is 0 Å². The maximum absolute atomic E-state index is 10.6. The quantitative estimate of drug-likeness (QED) is 0.639. The van der Waals surface area contributed by atoms with Gasteiger partial charge in [-0.1, -0.05) is 0 Å². The Labute approximate surface area is 73.4 Å². The zero-order valence-corrected chi connectivity index (χ0v) is 8.06. The molecule has 0 saturated carbocycles. The molecule has 0 aromatic carbocycles. The predicted molar refractivity (Wildman–Crippen MR) is 46.4 cm³/mol. The smallest absolute Gasteiger partial charge is 0.264 e. The summed E-state index contributed by atoms with van der Waals surface area (Å²) in [5.74, 6) is 0.355. The van der Waals surface area contributed by atoms with Crippen molar-refractivity contribution in [1.82, 2.24) is 5.32 Å². The van der Waals surface area contributed by atoms with Crippen molar-refractivity contribution in [3.63, 3.8) is 0 Å². The Morgan fingerprint density at radius 3 is 2.83 bits per heavy atom. The van der Waals surface area contributed by atoms with Crippen LogP contribution in [-0.4, -0.2) is 34.4 Å². The molecule has 0 aromatic heterocycles. The highest BCUT2D eigenvalue weighted by Gasteiger charge is 2.15. The first kappa shape index (κ1) is 9.95. The van der Waals surface area contributed by atoms with Crippen LogP contribution in [0.3, 0.4) is 0 Å². The van der Waals surface area contributed by atoms with Gasteiger partial charge in [-0.2, -0.15) is 8.42 Å². The van der Waals surface area contributed by atoms with Crippen LogP contribution in [0.2, 0.25) is 0 Å². The van der Waals surface area contributed by atoms with Crippen LogP contribution in [0.4, 0.5) is 0 Å². The molecule has 0 bridgehead atoms. The van der Waals surface area contributed by atoms with Gasteiger partial charge in [0, 0.05) is 6.54 Å². The summed E-state index contributed by atoms with van der Waals surface area (Å²) in [5, 5.41) is 3.20. The van der Waals surface area contributed by atoms with E-state index in [2.05, 4.69) is 5.32 Å². The van der Waals surface area contributed by atoms with Crippen LogP contribution < -0.4 is 5.32 Å². The van der Waals surface area contributed by atoms with Gasteiger partial charge in [-0.3, -0.25) is 4.18 Å². The second-order valence-electron chi connectivity index (χ2n) is 3.20. The van der Waals surface area contributed by atoms with Gasteiger partial charge in [-0.05, 0) is 25.3 Å².